The molecule has 2 N–H and O–H groups in total. The number of nitrogens with zero attached hydrogens (tertiary/aromatic N) is 3. The van der Waals surface area contributed by atoms with Crippen molar-refractivity contribution in [1.29, 1.82) is 0 Å². The predicted molar refractivity (Wildman–Crippen MR) is 86.7 cm³/mol. The number of aromatic nitrogens is 3. The minimum absolute atomic E-state index is 0.199. The molecule has 0 aliphatic rings. The van der Waals surface area contributed by atoms with E-state index >= 15 is 0 Å². The summed E-state index contributed by atoms with van der Waals surface area (Å²) in [7, 11) is 1.69. The molecule has 0 saturated carbocycles. The molecule has 2 amide bonds. The first-order valence-electron chi connectivity index (χ1n) is 7.56. The molecule has 0 radical (unpaired) electrons. The van der Waals surface area contributed by atoms with Gasteiger partial charge in [-0.1, -0.05) is 6.92 Å². The van der Waals surface area contributed by atoms with Crippen LogP contribution in [0.15, 0.2) is 30.6 Å². The van der Waals surface area contributed by atoms with Gasteiger partial charge in [0.05, 0.1) is 5.69 Å². The lowest BCUT2D eigenvalue weighted by molar-refractivity contribution is -0.122. The summed E-state index contributed by atoms with van der Waals surface area (Å²) < 4.78 is 1.49. The number of rotatable bonds is 6. The Morgan fingerprint density at radius 3 is 2.83 bits per heavy atom. The molecule has 0 fully saturated rings. The fourth-order valence-corrected chi connectivity index (χ4v) is 2.07. The van der Waals surface area contributed by atoms with E-state index in [-0.39, 0.29) is 11.8 Å². The van der Waals surface area contributed by atoms with Crippen LogP contribution in [0.5, 0.6) is 0 Å². The maximum absolute atomic E-state index is 12.3. The molecule has 1 atom stereocenters. The lowest BCUT2D eigenvalue weighted by Gasteiger charge is -2.13. The van der Waals surface area contributed by atoms with E-state index in [1.165, 1.54) is 4.68 Å². The van der Waals surface area contributed by atoms with Crippen molar-refractivity contribution in [3.8, 4) is 11.3 Å². The highest BCUT2D eigenvalue weighted by molar-refractivity contribution is 5.97. The number of pyridine rings is 1. The summed E-state index contributed by atoms with van der Waals surface area (Å²) in [5.41, 5.74) is 1.88. The largest absolute Gasteiger partial charge is 0.354 e. The number of carbonyl (C=O) groups is 2. The zero-order valence-corrected chi connectivity index (χ0v) is 13.5. The van der Waals surface area contributed by atoms with E-state index < -0.39 is 6.04 Å². The van der Waals surface area contributed by atoms with Crippen LogP contribution in [0.2, 0.25) is 0 Å². The molecule has 0 aliphatic heterocycles. The number of carbonyl (C=O) groups excluding carboxylic acids is 2. The van der Waals surface area contributed by atoms with Gasteiger partial charge in [0.2, 0.25) is 5.91 Å². The Bertz CT molecular complexity index is 681. The SMILES string of the molecule is CCCNC(=O)[C@@H](C)NC(=O)c1cc(-c2cccnc2)nn1C. The minimum Gasteiger partial charge on any atom is -0.354 e. The Morgan fingerprint density at radius 2 is 2.17 bits per heavy atom. The molecule has 0 bridgehead atoms. The highest BCUT2D eigenvalue weighted by Crippen LogP contribution is 2.17. The molecule has 7 heteroatoms. The topological polar surface area (TPSA) is 88.9 Å². The van der Waals surface area contributed by atoms with Gasteiger partial charge in [-0.2, -0.15) is 5.10 Å². The molecule has 23 heavy (non-hydrogen) atoms. The first-order chi connectivity index (χ1) is 11.0. The quantitative estimate of drug-likeness (QED) is 0.836. The molecule has 2 rings (SSSR count). The van der Waals surface area contributed by atoms with Crippen molar-refractivity contribution < 1.29 is 9.59 Å². The third kappa shape index (κ3) is 4.15. The summed E-state index contributed by atoms with van der Waals surface area (Å²) in [5.74, 6) is -0.538. The molecule has 2 heterocycles. The second-order valence-corrected chi connectivity index (χ2v) is 5.27. The van der Waals surface area contributed by atoms with Crippen LogP contribution in [0.3, 0.4) is 0 Å². The van der Waals surface area contributed by atoms with Gasteiger partial charge in [-0.15, -0.1) is 0 Å². The first-order valence-corrected chi connectivity index (χ1v) is 7.56. The van der Waals surface area contributed by atoms with E-state index in [0.717, 1.165) is 12.0 Å². The number of aryl methyl sites for hydroxylation is 1. The van der Waals surface area contributed by atoms with Crippen molar-refractivity contribution in [3.05, 3.63) is 36.3 Å². The second-order valence-electron chi connectivity index (χ2n) is 5.27. The zero-order valence-electron chi connectivity index (χ0n) is 13.5. The number of nitrogens with one attached hydrogen (secondary N) is 2. The Labute approximate surface area is 135 Å². The minimum atomic E-state index is -0.606. The monoisotopic (exact) mass is 315 g/mol. The summed E-state index contributed by atoms with van der Waals surface area (Å²) in [4.78, 5) is 28.2. The molecule has 7 nitrogen and oxygen atoms in total. The molecular formula is C16H21N5O2. The fourth-order valence-electron chi connectivity index (χ4n) is 2.07. The average molecular weight is 315 g/mol. The molecule has 2 aromatic heterocycles. The van der Waals surface area contributed by atoms with Crippen molar-refractivity contribution in [1.82, 2.24) is 25.4 Å². The molecule has 0 aliphatic carbocycles. The number of hydrogen-bond donors (Lipinski definition) is 2. The van der Waals surface area contributed by atoms with Gasteiger partial charge in [0.25, 0.3) is 5.91 Å². The van der Waals surface area contributed by atoms with Gasteiger partial charge in [-0.05, 0) is 31.5 Å². The first kappa shape index (κ1) is 16.7. The molecular weight excluding hydrogens is 294 g/mol. The van der Waals surface area contributed by atoms with Gasteiger partial charge in [0.15, 0.2) is 0 Å². The van der Waals surface area contributed by atoms with E-state index in [9.17, 15) is 9.59 Å². The Balaban J connectivity index is 2.08. The molecule has 0 spiro atoms. The van der Waals surface area contributed by atoms with Crippen molar-refractivity contribution >= 4 is 11.8 Å². The van der Waals surface area contributed by atoms with Gasteiger partial charge in [0, 0.05) is 31.5 Å². The van der Waals surface area contributed by atoms with Crippen LogP contribution < -0.4 is 10.6 Å². The molecule has 122 valence electrons. The normalized spacial score (nSPS) is 11.8. The second kappa shape index (κ2) is 7.53. The summed E-state index contributed by atoms with van der Waals surface area (Å²) in [6, 6.07) is 4.76. The molecule has 0 saturated heterocycles. The van der Waals surface area contributed by atoms with Crippen LogP contribution in [-0.2, 0) is 11.8 Å². The summed E-state index contributed by atoms with van der Waals surface area (Å²) in [6.07, 6.45) is 4.21. The third-order valence-corrected chi connectivity index (χ3v) is 3.36. The molecule has 2 aromatic rings. The van der Waals surface area contributed by atoms with E-state index in [1.807, 2.05) is 19.1 Å². The van der Waals surface area contributed by atoms with E-state index in [2.05, 4.69) is 20.7 Å². The van der Waals surface area contributed by atoms with E-state index in [1.54, 1.807) is 32.4 Å². The zero-order chi connectivity index (χ0) is 16.8. The van der Waals surface area contributed by atoms with Gasteiger partial charge >= 0.3 is 0 Å². The van der Waals surface area contributed by atoms with Crippen molar-refractivity contribution in [2.45, 2.75) is 26.3 Å². The van der Waals surface area contributed by atoms with Gasteiger partial charge < -0.3 is 10.6 Å². The lowest BCUT2D eigenvalue weighted by Crippen LogP contribution is -2.45. The average Bonchev–Trinajstić information content (AvgIpc) is 2.95. The highest BCUT2D eigenvalue weighted by Gasteiger charge is 2.19. The summed E-state index contributed by atoms with van der Waals surface area (Å²) in [6.45, 7) is 4.22. The number of hydrogen-bond acceptors (Lipinski definition) is 4. The maximum Gasteiger partial charge on any atom is 0.270 e. The maximum atomic E-state index is 12.3. The lowest BCUT2D eigenvalue weighted by atomic mass is 10.2. The van der Waals surface area contributed by atoms with Crippen LogP contribution in [0.25, 0.3) is 11.3 Å². The Kier molecular flexibility index (Phi) is 5.46. The van der Waals surface area contributed by atoms with Gasteiger partial charge in [0.1, 0.15) is 11.7 Å². The predicted octanol–water partition coefficient (Wildman–Crippen LogP) is 1.13. The fraction of sp³-hybridized carbons (Fsp3) is 0.375. The van der Waals surface area contributed by atoms with Crippen molar-refractivity contribution in [3.63, 3.8) is 0 Å². The summed E-state index contributed by atoms with van der Waals surface area (Å²) in [5, 5.41) is 9.75. The highest BCUT2D eigenvalue weighted by atomic mass is 16.2. The molecule has 0 aromatic carbocycles. The van der Waals surface area contributed by atoms with E-state index in [0.29, 0.717) is 17.9 Å². The third-order valence-electron chi connectivity index (χ3n) is 3.36. The van der Waals surface area contributed by atoms with Crippen molar-refractivity contribution in [2.75, 3.05) is 6.54 Å². The van der Waals surface area contributed by atoms with Crippen molar-refractivity contribution in [2.24, 2.45) is 7.05 Å². The Hall–Kier alpha value is -2.70. The van der Waals surface area contributed by atoms with Gasteiger partial charge in [-0.25, -0.2) is 0 Å². The standard InChI is InChI=1S/C16H21N5O2/c1-4-7-18-15(22)11(2)19-16(23)14-9-13(20-21(14)3)12-6-5-8-17-10-12/h5-6,8-11H,4,7H2,1-3H3,(H,18,22)(H,19,23)/t11-/m1/s1. The van der Waals surface area contributed by atoms with Crippen LogP contribution >= 0.6 is 0 Å². The van der Waals surface area contributed by atoms with Crippen LogP contribution in [0.4, 0.5) is 0 Å². The van der Waals surface area contributed by atoms with E-state index in [4.69, 9.17) is 0 Å². The number of amides is 2. The van der Waals surface area contributed by atoms with Crippen LogP contribution in [0, 0.1) is 0 Å². The summed E-state index contributed by atoms with van der Waals surface area (Å²) >= 11 is 0. The van der Waals surface area contributed by atoms with Crippen LogP contribution in [-0.4, -0.2) is 39.2 Å². The van der Waals surface area contributed by atoms with Gasteiger partial charge in [-0.3, -0.25) is 19.3 Å². The molecule has 0 unspecified atom stereocenters. The Morgan fingerprint density at radius 1 is 1.39 bits per heavy atom. The smallest absolute Gasteiger partial charge is 0.270 e. The van der Waals surface area contributed by atoms with Crippen LogP contribution in [0.1, 0.15) is 30.8 Å².